The van der Waals surface area contributed by atoms with Gasteiger partial charge in [0.1, 0.15) is 5.84 Å². The van der Waals surface area contributed by atoms with Crippen LogP contribution in [0.25, 0.3) is 0 Å². The summed E-state index contributed by atoms with van der Waals surface area (Å²) in [5.74, 6) is 0.720. The van der Waals surface area contributed by atoms with E-state index in [1.165, 1.54) is 0 Å². The van der Waals surface area contributed by atoms with Crippen LogP contribution in [-0.2, 0) is 9.84 Å². The molecule has 0 aromatic rings. The number of rotatable bonds is 5. The van der Waals surface area contributed by atoms with Gasteiger partial charge in [-0.2, -0.15) is 0 Å². The van der Waals surface area contributed by atoms with Gasteiger partial charge in [-0.1, -0.05) is 24.8 Å². The molecule has 4 nitrogen and oxygen atoms in total. The van der Waals surface area contributed by atoms with Crippen molar-refractivity contribution in [3.8, 4) is 0 Å². The number of sulfone groups is 1. The molecule has 0 atom stereocenters. The molecule has 1 aliphatic carbocycles. The van der Waals surface area contributed by atoms with Gasteiger partial charge in [0, 0.05) is 12.7 Å². The number of amidine groups is 1. The molecule has 1 rings (SSSR count). The standard InChI is InChI=1S/C18H28N2O2S/c1-8-15(6)18(19-13(2)3)20(7)16-11-9-10-12-17(16)23(21,22)14(4)5/h8,11-12,14H,2,9-10H2,1,3-7H3/b15-8-,19-18+. The Balaban J connectivity index is 3.39. The maximum Gasteiger partial charge on any atom is 0.182 e. The van der Waals surface area contributed by atoms with Crippen molar-refractivity contribution in [1.82, 2.24) is 4.90 Å². The topological polar surface area (TPSA) is 49.7 Å². The van der Waals surface area contributed by atoms with E-state index in [2.05, 4.69) is 11.6 Å². The second-order valence-electron chi connectivity index (χ2n) is 6.03. The normalized spacial score (nSPS) is 17.0. The van der Waals surface area contributed by atoms with Crippen LogP contribution in [-0.4, -0.2) is 31.5 Å². The largest absolute Gasteiger partial charge is 0.328 e. The lowest BCUT2D eigenvalue weighted by Gasteiger charge is -2.29. The number of likely N-dealkylation sites (N-methyl/N-ethyl adjacent to an activating group) is 1. The molecule has 128 valence electrons. The third-order valence-electron chi connectivity index (χ3n) is 3.78. The Morgan fingerprint density at radius 2 is 1.87 bits per heavy atom. The molecule has 0 fully saturated rings. The molecule has 0 saturated carbocycles. The number of hydrogen-bond acceptors (Lipinski definition) is 3. The first kappa shape index (κ1) is 19.4. The highest BCUT2D eigenvalue weighted by molar-refractivity contribution is 7.96. The Bertz CT molecular complexity index is 693. The van der Waals surface area contributed by atoms with Crippen LogP contribution < -0.4 is 0 Å². The predicted molar refractivity (Wildman–Crippen MR) is 98.9 cm³/mol. The van der Waals surface area contributed by atoms with E-state index in [4.69, 9.17) is 0 Å². The molecular formula is C18H28N2O2S. The van der Waals surface area contributed by atoms with Crippen LogP contribution in [0.1, 0.15) is 47.5 Å². The first-order valence-corrected chi connectivity index (χ1v) is 9.43. The fraction of sp³-hybridized carbons (Fsp3) is 0.500. The average molecular weight is 337 g/mol. The molecule has 0 aromatic heterocycles. The van der Waals surface area contributed by atoms with E-state index in [0.717, 1.165) is 24.3 Å². The maximum atomic E-state index is 12.7. The number of aliphatic imine (C=N–C) groups is 1. The summed E-state index contributed by atoms with van der Waals surface area (Å²) in [5, 5.41) is -0.451. The van der Waals surface area contributed by atoms with Crippen molar-refractivity contribution in [2.75, 3.05) is 7.05 Å². The van der Waals surface area contributed by atoms with Gasteiger partial charge in [0.15, 0.2) is 9.84 Å². The zero-order valence-corrected chi connectivity index (χ0v) is 15.9. The summed E-state index contributed by atoms with van der Waals surface area (Å²) in [6.07, 6.45) is 7.33. The lowest BCUT2D eigenvalue weighted by Crippen LogP contribution is -2.32. The maximum absolute atomic E-state index is 12.7. The Morgan fingerprint density at radius 1 is 1.30 bits per heavy atom. The smallest absolute Gasteiger partial charge is 0.182 e. The van der Waals surface area contributed by atoms with E-state index in [0.29, 0.717) is 16.3 Å². The molecule has 0 heterocycles. The van der Waals surface area contributed by atoms with E-state index in [9.17, 15) is 8.42 Å². The molecule has 0 radical (unpaired) electrons. The summed E-state index contributed by atoms with van der Waals surface area (Å²) >= 11 is 0. The van der Waals surface area contributed by atoms with Gasteiger partial charge in [0.2, 0.25) is 0 Å². The van der Waals surface area contributed by atoms with Crippen LogP contribution in [0.2, 0.25) is 0 Å². The van der Waals surface area contributed by atoms with Crippen molar-refractivity contribution in [2.24, 2.45) is 4.99 Å². The molecule has 0 unspecified atom stereocenters. The van der Waals surface area contributed by atoms with Crippen LogP contribution in [0.15, 0.2) is 51.7 Å². The molecular weight excluding hydrogens is 308 g/mol. The monoisotopic (exact) mass is 336 g/mol. The molecule has 23 heavy (non-hydrogen) atoms. The van der Waals surface area contributed by atoms with Crippen molar-refractivity contribution in [1.29, 1.82) is 0 Å². The van der Waals surface area contributed by atoms with Crippen LogP contribution in [0.5, 0.6) is 0 Å². The SMILES string of the molecule is C=C(C)/N=C(\C(C)=C/C)N(C)C1=CCCC=C1S(=O)(=O)C(C)C. The Morgan fingerprint density at radius 3 is 2.35 bits per heavy atom. The molecule has 5 heteroatoms. The van der Waals surface area contributed by atoms with E-state index >= 15 is 0 Å². The van der Waals surface area contributed by atoms with E-state index in [-0.39, 0.29) is 0 Å². The third-order valence-corrected chi connectivity index (χ3v) is 6.01. The Kier molecular flexibility index (Phi) is 6.57. The van der Waals surface area contributed by atoms with Crippen molar-refractivity contribution < 1.29 is 8.42 Å². The second-order valence-corrected chi connectivity index (χ2v) is 8.50. The summed E-state index contributed by atoms with van der Waals surface area (Å²) in [6, 6.07) is 0. The van der Waals surface area contributed by atoms with E-state index in [1.807, 2.05) is 50.9 Å². The van der Waals surface area contributed by atoms with Gasteiger partial charge in [-0.15, -0.1) is 0 Å². The molecule has 1 aliphatic rings. The molecule has 0 bridgehead atoms. The first-order valence-electron chi connectivity index (χ1n) is 7.88. The van der Waals surface area contributed by atoms with E-state index in [1.54, 1.807) is 13.8 Å². The van der Waals surface area contributed by atoms with Crippen molar-refractivity contribution in [2.45, 2.75) is 52.7 Å². The molecule has 0 N–H and O–H groups in total. The lowest BCUT2D eigenvalue weighted by atomic mass is 10.1. The summed E-state index contributed by atoms with van der Waals surface area (Å²) < 4.78 is 25.4. The third kappa shape index (κ3) is 4.44. The predicted octanol–water partition coefficient (Wildman–Crippen LogP) is 4.20. The van der Waals surface area contributed by atoms with Gasteiger partial charge < -0.3 is 4.90 Å². The van der Waals surface area contributed by atoms with Crippen molar-refractivity contribution in [3.05, 3.63) is 46.7 Å². The zero-order valence-electron chi connectivity index (χ0n) is 15.0. The molecule has 0 aromatic carbocycles. The highest BCUT2D eigenvalue weighted by Gasteiger charge is 2.29. The Hall–Kier alpha value is -1.62. The van der Waals surface area contributed by atoms with Gasteiger partial charge in [0.25, 0.3) is 0 Å². The second kappa shape index (κ2) is 7.77. The minimum absolute atomic E-state index is 0.402. The average Bonchev–Trinajstić information content (AvgIpc) is 2.50. The van der Waals surface area contributed by atoms with Crippen LogP contribution in [0, 0.1) is 0 Å². The molecule has 0 aliphatic heterocycles. The number of allylic oxidation sites excluding steroid dienone is 4. The van der Waals surface area contributed by atoms with Gasteiger partial charge in [-0.3, -0.25) is 0 Å². The summed E-state index contributed by atoms with van der Waals surface area (Å²) in [4.78, 5) is 6.76. The zero-order chi connectivity index (χ0) is 17.8. The van der Waals surface area contributed by atoms with Crippen LogP contribution in [0.4, 0.5) is 0 Å². The summed E-state index contributed by atoms with van der Waals surface area (Å²) in [7, 11) is -1.48. The minimum atomic E-state index is -3.33. The number of nitrogens with zero attached hydrogens (tertiary/aromatic N) is 2. The highest BCUT2D eigenvalue weighted by Crippen LogP contribution is 2.30. The van der Waals surface area contributed by atoms with Gasteiger partial charge in [0.05, 0.1) is 15.9 Å². The van der Waals surface area contributed by atoms with E-state index < -0.39 is 15.1 Å². The fourth-order valence-corrected chi connectivity index (χ4v) is 3.68. The van der Waals surface area contributed by atoms with Gasteiger partial charge in [-0.25, -0.2) is 13.4 Å². The molecule has 0 spiro atoms. The number of hydrogen-bond donors (Lipinski definition) is 0. The fourth-order valence-electron chi connectivity index (χ4n) is 2.31. The Labute approximate surface area is 140 Å². The molecule has 0 saturated heterocycles. The molecule has 0 amide bonds. The van der Waals surface area contributed by atoms with Crippen LogP contribution in [0.3, 0.4) is 0 Å². The summed E-state index contributed by atoms with van der Waals surface area (Å²) in [5.41, 5.74) is 2.36. The van der Waals surface area contributed by atoms with Crippen molar-refractivity contribution >= 4 is 15.7 Å². The van der Waals surface area contributed by atoms with Crippen LogP contribution >= 0.6 is 0 Å². The quantitative estimate of drug-likeness (QED) is 0.558. The minimum Gasteiger partial charge on any atom is -0.328 e. The van der Waals surface area contributed by atoms with Crippen molar-refractivity contribution in [3.63, 3.8) is 0 Å². The lowest BCUT2D eigenvalue weighted by molar-refractivity contribution is 0.583. The first-order chi connectivity index (χ1) is 10.6. The van der Waals surface area contributed by atoms with Gasteiger partial charge >= 0.3 is 0 Å². The van der Waals surface area contributed by atoms with Gasteiger partial charge in [-0.05, 0) is 53.0 Å². The summed E-state index contributed by atoms with van der Waals surface area (Å²) in [6.45, 7) is 13.0. The highest BCUT2D eigenvalue weighted by atomic mass is 32.2.